The van der Waals surface area contributed by atoms with Gasteiger partial charge in [0.1, 0.15) is 11.5 Å². The van der Waals surface area contributed by atoms with Gasteiger partial charge in [0.05, 0.1) is 29.7 Å². The van der Waals surface area contributed by atoms with E-state index in [1.807, 2.05) is 10.6 Å². The van der Waals surface area contributed by atoms with Gasteiger partial charge in [0, 0.05) is 33.5 Å². The van der Waals surface area contributed by atoms with Crippen molar-refractivity contribution in [2.75, 3.05) is 0 Å². The number of fused-ring (bicyclic) bond motifs is 1. The van der Waals surface area contributed by atoms with E-state index in [1.54, 1.807) is 55.0 Å². The average molecular weight is 662 g/mol. The minimum Gasteiger partial charge on any atom is -0.472 e. The highest BCUT2D eigenvalue weighted by Gasteiger charge is 2.35. The zero-order valence-corrected chi connectivity index (χ0v) is 25.7. The van der Waals surface area contributed by atoms with Gasteiger partial charge in [-0.15, -0.1) is 0 Å². The van der Waals surface area contributed by atoms with Gasteiger partial charge in [-0.2, -0.15) is 0 Å². The first-order valence-corrected chi connectivity index (χ1v) is 16.3. The summed E-state index contributed by atoms with van der Waals surface area (Å²) in [7, 11) is -4.12. The minimum absolute atomic E-state index is 0.0163. The van der Waals surface area contributed by atoms with E-state index in [9.17, 15) is 18.0 Å². The molecule has 6 rings (SSSR count). The summed E-state index contributed by atoms with van der Waals surface area (Å²) < 4.78 is 36.4. The third-order valence-electron chi connectivity index (χ3n) is 7.65. The Hall–Kier alpha value is -4.22. The number of carbonyl (C=O) groups is 2. The van der Waals surface area contributed by atoms with Gasteiger partial charge in [-0.25, -0.2) is 18.1 Å². The number of carbonyl (C=O) groups excluding carboxylic acids is 2. The highest BCUT2D eigenvalue weighted by molar-refractivity contribution is 9.10. The molecule has 2 aromatic carbocycles. The number of rotatable bonds is 10. The molecule has 43 heavy (non-hydrogen) atoms. The number of primary amides is 1. The maximum Gasteiger partial charge on any atom is 0.267 e. The Balaban J connectivity index is 1.51. The minimum atomic E-state index is -4.12. The van der Waals surface area contributed by atoms with Gasteiger partial charge in [-0.3, -0.25) is 9.59 Å². The number of nitrogens with two attached hydrogens (primary N) is 1. The molecule has 1 aromatic heterocycles. The summed E-state index contributed by atoms with van der Waals surface area (Å²) in [6.45, 7) is 2.31. The van der Waals surface area contributed by atoms with Crippen LogP contribution < -0.4 is 10.5 Å². The van der Waals surface area contributed by atoms with Gasteiger partial charge in [0.2, 0.25) is 0 Å². The van der Waals surface area contributed by atoms with E-state index < -0.39 is 21.8 Å². The summed E-state index contributed by atoms with van der Waals surface area (Å²) in [4.78, 5) is 31.3. The Kier molecular flexibility index (Phi) is 7.70. The number of hydrogen-bond donors (Lipinski definition) is 2. The highest BCUT2D eigenvalue weighted by atomic mass is 79.9. The molecule has 0 saturated heterocycles. The third-order valence-corrected chi connectivity index (χ3v) is 9.83. The van der Waals surface area contributed by atoms with Crippen molar-refractivity contribution in [3.63, 3.8) is 0 Å². The Labute approximate surface area is 257 Å². The summed E-state index contributed by atoms with van der Waals surface area (Å²) in [5, 5.41) is 0. The SMILES string of the molecule is CCCc1nc(C2CC2)c(C(N)=O)n1Cc1c2ccocc-2c(Br)c1-c1ccccc1C(=O)NS(=O)(=O)c1ccccc1. The Morgan fingerprint density at radius 3 is 2.47 bits per heavy atom. The van der Waals surface area contributed by atoms with Gasteiger partial charge in [0.25, 0.3) is 21.8 Å². The van der Waals surface area contributed by atoms with Crippen LogP contribution in [-0.4, -0.2) is 29.8 Å². The van der Waals surface area contributed by atoms with Crippen LogP contribution in [0.25, 0.3) is 22.3 Å². The van der Waals surface area contributed by atoms with Gasteiger partial charge < -0.3 is 14.7 Å². The summed E-state index contributed by atoms with van der Waals surface area (Å²) >= 11 is 3.74. The Bertz CT molecular complexity index is 1930. The molecule has 220 valence electrons. The van der Waals surface area contributed by atoms with Crippen molar-refractivity contribution in [2.24, 2.45) is 5.73 Å². The maximum atomic E-state index is 13.6. The van der Waals surface area contributed by atoms with Gasteiger partial charge in [-0.1, -0.05) is 43.3 Å². The fourth-order valence-electron chi connectivity index (χ4n) is 5.55. The second-order valence-corrected chi connectivity index (χ2v) is 13.1. The molecule has 0 spiro atoms. The largest absolute Gasteiger partial charge is 0.472 e. The number of amides is 2. The molecular weight excluding hydrogens is 632 g/mol. The molecule has 0 radical (unpaired) electrons. The fourth-order valence-corrected chi connectivity index (χ4v) is 7.29. The molecule has 1 aliphatic heterocycles. The lowest BCUT2D eigenvalue weighted by Crippen LogP contribution is -2.31. The van der Waals surface area contributed by atoms with Crippen molar-refractivity contribution in [2.45, 2.75) is 50.0 Å². The van der Waals surface area contributed by atoms with Crippen molar-refractivity contribution >= 4 is 37.8 Å². The van der Waals surface area contributed by atoms with E-state index in [2.05, 4.69) is 27.6 Å². The molecule has 9 nitrogen and oxygen atoms in total. The molecule has 3 aliphatic rings. The van der Waals surface area contributed by atoms with Crippen LogP contribution in [-0.2, 0) is 23.0 Å². The number of benzene rings is 2. The van der Waals surface area contributed by atoms with Crippen LogP contribution >= 0.6 is 15.9 Å². The number of imidazole rings is 1. The summed E-state index contributed by atoms with van der Waals surface area (Å²) in [6.07, 6.45) is 6.60. The molecule has 3 aromatic rings. The monoisotopic (exact) mass is 660 g/mol. The Morgan fingerprint density at radius 2 is 1.77 bits per heavy atom. The van der Waals surface area contributed by atoms with Crippen molar-refractivity contribution in [3.05, 3.63) is 106 Å². The van der Waals surface area contributed by atoms with E-state index >= 15 is 0 Å². The fraction of sp³-hybridized carbons (Fsp3) is 0.219. The number of aromatic nitrogens is 2. The first-order valence-electron chi connectivity index (χ1n) is 14.0. The van der Waals surface area contributed by atoms with Crippen LogP contribution in [0, 0.1) is 0 Å². The molecule has 2 aliphatic carbocycles. The second kappa shape index (κ2) is 11.5. The maximum absolute atomic E-state index is 13.6. The molecule has 0 atom stereocenters. The van der Waals surface area contributed by atoms with Gasteiger partial charge in [0.15, 0.2) is 0 Å². The van der Waals surface area contributed by atoms with Crippen LogP contribution in [0.1, 0.15) is 70.0 Å². The van der Waals surface area contributed by atoms with E-state index in [0.29, 0.717) is 27.7 Å². The van der Waals surface area contributed by atoms with Crippen LogP contribution in [0.15, 0.2) is 87.0 Å². The summed E-state index contributed by atoms with van der Waals surface area (Å²) in [5.74, 6) is -0.309. The average Bonchev–Trinajstić information content (AvgIpc) is 3.73. The van der Waals surface area contributed by atoms with Gasteiger partial charge >= 0.3 is 0 Å². The third kappa shape index (κ3) is 5.38. The molecule has 1 saturated carbocycles. The van der Waals surface area contributed by atoms with E-state index in [-0.39, 0.29) is 22.9 Å². The lowest BCUT2D eigenvalue weighted by molar-refractivity contribution is 0.0976. The molecule has 0 bridgehead atoms. The number of halogens is 1. The molecule has 1 fully saturated rings. The van der Waals surface area contributed by atoms with Crippen molar-refractivity contribution < 1.29 is 22.4 Å². The first-order chi connectivity index (χ1) is 20.7. The topological polar surface area (TPSA) is 137 Å². The second-order valence-electron chi connectivity index (χ2n) is 10.6. The molecule has 2 amide bonds. The molecule has 11 heteroatoms. The van der Waals surface area contributed by atoms with E-state index in [4.69, 9.17) is 15.1 Å². The van der Waals surface area contributed by atoms with Crippen LogP contribution in [0.2, 0.25) is 0 Å². The molecule has 2 heterocycles. The van der Waals surface area contributed by atoms with Crippen molar-refractivity contribution in [1.82, 2.24) is 14.3 Å². The molecular formula is C32H29BrN4O5S. The normalized spacial score (nSPS) is 13.3. The lowest BCUT2D eigenvalue weighted by Gasteiger charge is -2.16. The van der Waals surface area contributed by atoms with E-state index in [1.165, 1.54) is 12.1 Å². The number of aryl methyl sites for hydroxylation is 1. The number of nitrogens with one attached hydrogen (secondary N) is 1. The predicted octanol–water partition coefficient (Wildman–Crippen LogP) is 6.11. The van der Waals surface area contributed by atoms with Crippen molar-refractivity contribution in [1.29, 1.82) is 0 Å². The zero-order valence-electron chi connectivity index (χ0n) is 23.3. The van der Waals surface area contributed by atoms with Crippen LogP contribution in [0.5, 0.6) is 0 Å². The van der Waals surface area contributed by atoms with Crippen LogP contribution in [0.3, 0.4) is 0 Å². The van der Waals surface area contributed by atoms with Crippen molar-refractivity contribution in [3.8, 4) is 22.3 Å². The standard InChI is InChI=1S/C32H29BrN4O5S/c1-2-8-26-35-29(19-13-14-19)30(31(34)38)37(26)17-24-21-15-16-42-18-25(21)28(33)27(24)22-11-6-7-12-23(22)32(39)36-43(40,41)20-9-4-3-5-10-20/h3-7,9-12,15-16,18-19H,2,8,13-14,17H2,1H3,(H2,34,38)(H,36,39). The quantitative estimate of drug-likeness (QED) is 0.185. The number of sulfonamides is 1. The van der Waals surface area contributed by atoms with Crippen LogP contribution in [0.4, 0.5) is 0 Å². The number of nitrogens with zero attached hydrogens (tertiary/aromatic N) is 2. The number of hydrogen-bond acceptors (Lipinski definition) is 6. The lowest BCUT2D eigenvalue weighted by atomic mass is 9.97. The van der Waals surface area contributed by atoms with E-state index in [0.717, 1.165) is 47.5 Å². The Morgan fingerprint density at radius 1 is 1.05 bits per heavy atom. The van der Waals surface area contributed by atoms with Gasteiger partial charge in [-0.05, 0) is 76.1 Å². The first kappa shape index (κ1) is 28.9. The summed E-state index contributed by atoms with van der Waals surface area (Å²) in [6, 6.07) is 16.4. The summed E-state index contributed by atoms with van der Waals surface area (Å²) in [5.41, 5.74) is 10.9. The zero-order chi connectivity index (χ0) is 30.3. The molecule has 0 unspecified atom stereocenters. The highest BCUT2D eigenvalue weighted by Crippen LogP contribution is 2.48. The smallest absolute Gasteiger partial charge is 0.267 e. The molecule has 3 N–H and O–H groups in total. The predicted molar refractivity (Wildman–Crippen MR) is 165 cm³/mol.